The number of esters is 1. The lowest BCUT2D eigenvalue weighted by molar-refractivity contribution is -0.155. The number of benzene rings is 2. The lowest BCUT2D eigenvalue weighted by atomic mass is 9.94. The summed E-state index contributed by atoms with van der Waals surface area (Å²) in [6.07, 6.45) is 1.70. The first-order valence-electron chi connectivity index (χ1n) is 9.13. The lowest BCUT2D eigenvalue weighted by Gasteiger charge is -2.33. The summed E-state index contributed by atoms with van der Waals surface area (Å²) in [4.78, 5) is 37.8. The normalized spacial score (nSPS) is 16.4. The molecule has 0 unspecified atom stereocenters. The first-order valence-corrected chi connectivity index (χ1v) is 9.13. The van der Waals surface area contributed by atoms with Crippen molar-refractivity contribution in [3.05, 3.63) is 77.4 Å². The van der Waals surface area contributed by atoms with Crippen molar-refractivity contribution in [1.29, 1.82) is 0 Å². The van der Waals surface area contributed by atoms with Gasteiger partial charge in [0.1, 0.15) is 0 Å². The third kappa shape index (κ3) is 4.28. The van der Waals surface area contributed by atoms with Crippen molar-refractivity contribution >= 4 is 23.4 Å². The minimum Gasteiger partial charge on any atom is -0.464 e. The number of rotatable bonds is 5. The second-order valence-corrected chi connectivity index (χ2v) is 6.52. The highest BCUT2D eigenvalue weighted by atomic mass is 16.5. The molecule has 2 amide bonds. The first kappa shape index (κ1) is 19.4. The number of carbonyl (C=O) groups excluding carboxylic acids is 3. The Bertz CT molecular complexity index is 904. The van der Waals surface area contributed by atoms with Crippen molar-refractivity contribution in [2.24, 2.45) is 0 Å². The van der Waals surface area contributed by atoms with Gasteiger partial charge in [-0.3, -0.25) is 15.0 Å². The maximum Gasteiger partial charge on any atom is 0.331 e. The van der Waals surface area contributed by atoms with E-state index in [2.05, 4.69) is 5.43 Å². The van der Waals surface area contributed by atoms with Crippen LogP contribution in [0.15, 0.2) is 60.7 Å². The summed E-state index contributed by atoms with van der Waals surface area (Å²) in [5.41, 5.74) is 5.64. The minimum atomic E-state index is -0.929. The fourth-order valence-electron chi connectivity index (χ4n) is 3.02. The molecule has 6 nitrogen and oxygen atoms in total. The van der Waals surface area contributed by atoms with Gasteiger partial charge in [0.05, 0.1) is 6.61 Å². The molecular formula is C22H22N2O4. The van der Waals surface area contributed by atoms with Crippen LogP contribution in [0.5, 0.6) is 0 Å². The SMILES string of the molecule is CCOC(=O)[C@H]1CC(c2ccc(C)cc2)=CC(=O)N1NC(=O)c1ccccc1. The van der Waals surface area contributed by atoms with Crippen LogP contribution in [0.3, 0.4) is 0 Å². The third-order valence-corrected chi connectivity index (χ3v) is 4.50. The molecule has 0 spiro atoms. The highest BCUT2D eigenvalue weighted by Gasteiger charge is 2.36. The zero-order valence-electron chi connectivity index (χ0n) is 15.8. The second kappa shape index (κ2) is 8.52. The van der Waals surface area contributed by atoms with Crippen molar-refractivity contribution in [2.45, 2.75) is 26.3 Å². The summed E-state index contributed by atoms with van der Waals surface area (Å²) >= 11 is 0. The Hall–Kier alpha value is -3.41. The minimum absolute atomic E-state index is 0.188. The molecule has 0 fully saturated rings. The van der Waals surface area contributed by atoms with Gasteiger partial charge in [-0.25, -0.2) is 9.80 Å². The largest absolute Gasteiger partial charge is 0.464 e. The highest BCUT2D eigenvalue weighted by Crippen LogP contribution is 2.27. The summed E-state index contributed by atoms with van der Waals surface area (Å²) in [5.74, 6) is -1.48. The molecule has 28 heavy (non-hydrogen) atoms. The maximum absolute atomic E-state index is 12.8. The average Bonchev–Trinajstić information content (AvgIpc) is 2.70. The van der Waals surface area contributed by atoms with Crippen molar-refractivity contribution in [2.75, 3.05) is 6.61 Å². The third-order valence-electron chi connectivity index (χ3n) is 4.50. The smallest absolute Gasteiger partial charge is 0.331 e. The molecule has 1 aliphatic heterocycles. The summed E-state index contributed by atoms with van der Waals surface area (Å²) < 4.78 is 5.14. The molecule has 2 aromatic carbocycles. The van der Waals surface area contributed by atoms with Gasteiger partial charge in [0.2, 0.25) is 0 Å². The number of hydrogen-bond donors (Lipinski definition) is 1. The van der Waals surface area contributed by atoms with Crippen LogP contribution in [0.1, 0.15) is 34.8 Å². The van der Waals surface area contributed by atoms with Gasteiger partial charge in [0, 0.05) is 18.1 Å². The molecule has 0 saturated heterocycles. The van der Waals surface area contributed by atoms with E-state index in [9.17, 15) is 14.4 Å². The van der Waals surface area contributed by atoms with E-state index in [0.717, 1.165) is 21.7 Å². The second-order valence-electron chi connectivity index (χ2n) is 6.52. The van der Waals surface area contributed by atoms with Gasteiger partial charge >= 0.3 is 5.97 Å². The zero-order valence-corrected chi connectivity index (χ0v) is 15.8. The number of nitrogens with one attached hydrogen (secondary N) is 1. The van der Waals surface area contributed by atoms with Crippen LogP contribution in [-0.4, -0.2) is 35.4 Å². The Kier molecular flexibility index (Phi) is 5.89. The molecule has 0 radical (unpaired) electrons. The summed E-state index contributed by atoms with van der Waals surface area (Å²) in [7, 11) is 0. The Morgan fingerprint density at radius 1 is 1.11 bits per heavy atom. The van der Waals surface area contributed by atoms with Crippen LogP contribution < -0.4 is 5.43 Å². The van der Waals surface area contributed by atoms with Crippen LogP contribution in [-0.2, 0) is 14.3 Å². The quantitative estimate of drug-likeness (QED) is 0.812. The number of hydrogen-bond acceptors (Lipinski definition) is 4. The summed E-state index contributed by atoms with van der Waals surface area (Å²) in [6.45, 7) is 3.87. The van der Waals surface area contributed by atoms with Gasteiger partial charge in [-0.15, -0.1) is 0 Å². The monoisotopic (exact) mass is 378 g/mol. The number of nitrogens with zero attached hydrogens (tertiary/aromatic N) is 1. The van der Waals surface area contributed by atoms with E-state index in [1.54, 1.807) is 37.3 Å². The van der Waals surface area contributed by atoms with Crippen molar-refractivity contribution in [3.63, 3.8) is 0 Å². The molecule has 6 heteroatoms. The molecular weight excluding hydrogens is 356 g/mol. The van der Waals surface area contributed by atoms with E-state index < -0.39 is 23.8 Å². The van der Waals surface area contributed by atoms with Crippen LogP contribution in [0, 0.1) is 6.92 Å². The van der Waals surface area contributed by atoms with Crippen molar-refractivity contribution in [1.82, 2.24) is 10.4 Å². The number of ether oxygens (including phenoxy) is 1. The topological polar surface area (TPSA) is 75.7 Å². The molecule has 144 valence electrons. The standard InChI is InChI=1S/C22H22N2O4/c1-3-28-22(27)19-13-18(16-11-9-15(2)10-12-16)14-20(25)24(19)23-21(26)17-7-5-4-6-8-17/h4-12,14,19H,3,13H2,1-2H3,(H,23,26)/t19-/m1/s1. The lowest BCUT2D eigenvalue weighted by Crippen LogP contribution is -2.56. The van der Waals surface area contributed by atoms with Crippen molar-refractivity contribution < 1.29 is 19.1 Å². The Morgan fingerprint density at radius 2 is 1.79 bits per heavy atom. The molecule has 0 bridgehead atoms. The van der Waals surface area contributed by atoms with E-state index >= 15 is 0 Å². The molecule has 1 aliphatic rings. The van der Waals surface area contributed by atoms with Crippen LogP contribution in [0.4, 0.5) is 0 Å². The fourth-order valence-corrected chi connectivity index (χ4v) is 3.02. The van der Waals surface area contributed by atoms with Gasteiger partial charge < -0.3 is 4.74 Å². The molecule has 0 aromatic heterocycles. The first-order chi connectivity index (χ1) is 13.5. The molecule has 0 saturated carbocycles. The van der Waals surface area contributed by atoms with Gasteiger partial charge in [0.15, 0.2) is 6.04 Å². The Labute approximate surface area is 163 Å². The fraction of sp³-hybridized carbons (Fsp3) is 0.227. The van der Waals surface area contributed by atoms with E-state index in [1.165, 1.54) is 6.08 Å². The van der Waals surface area contributed by atoms with E-state index in [-0.39, 0.29) is 13.0 Å². The van der Waals surface area contributed by atoms with Gasteiger partial charge in [-0.05, 0) is 37.1 Å². The molecule has 1 N–H and O–H groups in total. The molecule has 1 atom stereocenters. The Morgan fingerprint density at radius 3 is 2.43 bits per heavy atom. The number of carbonyl (C=O) groups is 3. The van der Waals surface area contributed by atoms with Gasteiger partial charge in [0.25, 0.3) is 11.8 Å². The number of amides is 2. The maximum atomic E-state index is 12.8. The Balaban J connectivity index is 1.88. The molecule has 1 heterocycles. The van der Waals surface area contributed by atoms with Gasteiger partial charge in [-0.1, -0.05) is 48.0 Å². The average molecular weight is 378 g/mol. The summed E-state index contributed by atoms with van der Waals surface area (Å²) in [5, 5.41) is 1.06. The predicted molar refractivity (Wildman–Crippen MR) is 105 cm³/mol. The van der Waals surface area contributed by atoms with E-state index in [0.29, 0.717) is 5.56 Å². The highest BCUT2D eigenvalue weighted by molar-refractivity contribution is 6.03. The van der Waals surface area contributed by atoms with E-state index in [1.807, 2.05) is 31.2 Å². The predicted octanol–water partition coefficient (Wildman–Crippen LogP) is 2.89. The van der Waals surface area contributed by atoms with E-state index in [4.69, 9.17) is 4.74 Å². The molecule has 3 rings (SSSR count). The van der Waals surface area contributed by atoms with Crippen LogP contribution in [0.25, 0.3) is 5.57 Å². The van der Waals surface area contributed by atoms with Crippen molar-refractivity contribution in [3.8, 4) is 0 Å². The molecule has 0 aliphatic carbocycles. The van der Waals surface area contributed by atoms with Gasteiger partial charge in [-0.2, -0.15) is 0 Å². The van der Waals surface area contributed by atoms with Crippen LogP contribution >= 0.6 is 0 Å². The van der Waals surface area contributed by atoms with Crippen LogP contribution in [0.2, 0.25) is 0 Å². The number of aryl methyl sites for hydroxylation is 1. The summed E-state index contributed by atoms with van der Waals surface area (Å²) in [6, 6.07) is 15.3. The number of hydrazine groups is 1. The molecule has 2 aromatic rings. The zero-order chi connectivity index (χ0) is 20.1.